The van der Waals surface area contributed by atoms with Crippen molar-refractivity contribution < 1.29 is 4.74 Å². The average molecular weight is 310 g/mol. The van der Waals surface area contributed by atoms with Crippen LogP contribution >= 0.6 is 23.5 Å². The number of hydrogen-bond acceptors (Lipinski definition) is 4. The van der Waals surface area contributed by atoms with Gasteiger partial charge in [0.2, 0.25) is 0 Å². The van der Waals surface area contributed by atoms with Gasteiger partial charge in [0.1, 0.15) is 5.75 Å². The van der Waals surface area contributed by atoms with Gasteiger partial charge in [0.15, 0.2) is 0 Å². The van der Waals surface area contributed by atoms with Gasteiger partial charge < -0.3 is 10.1 Å². The minimum Gasteiger partial charge on any atom is -0.493 e. The molecule has 2 atom stereocenters. The van der Waals surface area contributed by atoms with E-state index in [0.29, 0.717) is 6.04 Å². The Morgan fingerprint density at radius 2 is 2.35 bits per heavy atom. The molecule has 2 aliphatic heterocycles. The molecule has 2 heterocycles. The molecule has 2 aliphatic rings. The zero-order valence-corrected chi connectivity index (χ0v) is 13.7. The van der Waals surface area contributed by atoms with Gasteiger partial charge in [0.25, 0.3) is 0 Å². The first kappa shape index (κ1) is 14.6. The summed E-state index contributed by atoms with van der Waals surface area (Å²) >= 11 is 4.26. The van der Waals surface area contributed by atoms with Crippen molar-refractivity contribution in [1.29, 1.82) is 0 Å². The molecule has 0 radical (unpaired) electrons. The van der Waals surface area contributed by atoms with E-state index in [4.69, 9.17) is 4.74 Å². The quantitative estimate of drug-likeness (QED) is 0.902. The van der Waals surface area contributed by atoms with Gasteiger partial charge in [0.05, 0.1) is 6.61 Å². The number of rotatable bonds is 5. The van der Waals surface area contributed by atoms with Crippen molar-refractivity contribution >= 4 is 23.5 Å². The van der Waals surface area contributed by atoms with E-state index in [9.17, 15) is 0 Å². The largest absolute Gasteiger partial charge is 0.493 e. The van der Waals surface area contributed by atoms with E-state index < -0.39 is 0 Å². The van der Waals surface area contributed by atoms with Gasteiger partial charge in [0, 0.05) is 35.0 Å². The van der Waals surface area contributed by atoms with Crippen molar-refractivity contribution in [2.45, 2.75) is 30.6 Å². The van der Waals surface area contributed by atoms with Gasteiger partial charge in [-0.1, -0.05) is 12.1 Å². The van der Waals surface area contributed by atoms with Gasteiger partial charge >= 0.3 is 0 Å². The molecule has 0 aromatic heterocycles. The highest BCUT2D eigenvalue weighted by Crippen LogP contribution is 2.29. The first-order chi connectivity index (χ1) is 9.86. The fraction of sp³-hybridized carbons (Fsp3) is 0.625. The van der Waals surface area contributed by atoms with Crippen LogP contribution in [0.25, 0.3) is 0 Å². The Bertz CT molecular complexity index is 446. The molecule has 3 rings (SSSR count). The fourth-order valence-electron chi connectivity index (χ4n) is 2.97. The number of thioether (sulfide) groups is 2. The summed E-state index contributed by atoms with van der Waals surface area (Å²) in [5, 5.41) is 4.31. The Kier molecular flexibility index (Phi) is 5.19. The average Bonchev–Trinajstić information content (AvgIpc) is 2.96. The molecule has 0 aliphatic carbocycles. The van der Waals surface area contributed by atoms with Crippen LogP contribution in [0, 0.1) is 0 Å². The summed E-state index contributed by atoms with van der Waals surface area (Å²) in [6.45, 7) is 0.855. The Morgan fingerprint density at radius 3 is 3.15 bits per heavy atom. The molecule has 1 fully saturated rings. The van der Waals surface area contributed by atoms with E-state index in [2.05, 4.69) is 54.1 Å². The lowest BCUT2D eigenvalue weighted by Gasteiger charge is -2.29. The normalized spacial score (nSPS) is 23.1. The number of aryl methyl sites for hydroxylation is 1. The molecule has 1 aromatic carbocycles. The minimum atomic E-state index is 0.636. The molecule has 110 valence electrons. The molecule has 1 saturated heterocycles. The molecule has 1 aromatic rings. The SMILES string of the molecule is CNC(CCc1ccc2c(c1)CCO2)C1CSCCS1. The van der Waals surface area contributed by atoms with Crippen LogP contribution in [0.4, 0.5) is 0 Å². The third-order valence-corrected chi connectivity index (χ3v) is 7.08. The van der Waals surface area contributed by atoms with Crippen molar-refractivity contribution in [3.05, 3.63) is 29.3 Å². The van der Waals surface area contributed by atoms with Crippen molar-refractivity contribution in [1.82, 2.24) is 5.32 Å². The number of hydrogen-bond donors (Lipinski definition) is 1. The number of nitrogens with one attached hydrogen (secondary N) is 1. The molecule has 20 heavy (non-hydrogen) atoms. The van der Waals surface area contributed by atoms with Crippen LogP contribution in [0.5, 0.6) is 5.75 Å². The van der Waals surface area contributed by atoms with Crippen molar-refractivity contribution in [3.63, 3.8) is 0 Å². The zero-order chi connectivity index (χ0) is 13.8. The van der Waals surface area contributed by atoms with Crippen molar-refractivity contribution in [2.24, 2.45) is 0 Å². The molecule has 2 nitrogen and oxygen atoms in total. The van der Waals surface area contributed by atoms with Crippen LogP contribution in [0.2, 0.25) is 0 Å². The van der Waals surface area contributed by atoms with E-state index in [1.807, 2.05) is 0 Å². The predicted molar refractivity (Wildman–Crippen MR) is 90.4 cm³/mol. The maximum absolute atomic E-state index is 5.58. The van der Waals surface area contributed by atoms with Crippen LogP contribution in [0.1, 0.15) is 17.5 Å². The molecular weight excluding hydrogens is 286 g/mol. The monoisotopic (exact) mass is 309 g/mol. The van der Waals surface area contributed by atoms with Gasteiger partial charge in [-0.25, -0.2) is 0 Å². The lowest BCUT2D eigenvalue weighted by atomic mass is 10.0. The highest BCUT2D eigenvalue weighted by atomic mass is 32.2. The highest BCUT2D eigenvalue weighted by molar-refractivity contribution is 8.06. The Hall–Kier alpha value is -0.320. The molecule has 4 heteroatoms. The number of fused-ring (bicyclic) bond motifs is 1. The first-order valence-corrected chi connectivity index (χ1v) is 9.68. The minimum absolute atomic E-state index is 0.636. The summed E-state index contributed by atoms with van der Waals surface area (Å²) in [6, 6.07) is 7.37. The lowest BCUT2D eigenvalue weighted by molar-refractivity contribution is 0.357. The van der Waals surface area contributed by atoms with Gasteiger partial charge in [-0.3, -0.25) is 0 Å². The summed E-state index contributed by atoms with van der Waals surface area (Å²) in [5.74, 6) is 5.03. The number of benzene rings is 1. The summed E-state index contributed by atoms with van der Waals surface area (Å²) in [4.78, 5) is 0. The summed E-state index contributed by atoms with van der Waals surface area (Å²) in [7, 11) is 2.11. The van der Waals surface area contributed by atoms with Crippen molar-refractivity contribution in [2.75, 3.05) is 30.9 Å². The van der Waals surface area contributed by atoms with Crippen LogP contribution in [0.15, 0.2) is 18.2 Å². The standard InChI is InChI=1S/C16H23NOS2/c1-17-14(16-11-19-8-9-20-16)4-2-12-3-5-15-13(10-12)6-7-18-15/h3,5,10,14,16-17H,2,4,6-9,11H2,1H3. The Morgan fingerprint density at radius 1 is 1.40 bits per heavy atom. The highest BCUT2D eigenvalue weighted by Gasteiger charge is 2.23. The first-order valence-electron chi connectivity index (χ1n) is 7.48. The molecule has 0 spiro atoms. The van der Waals surface area contributed by atoms with E-state index in [-0.39, 0.29) is 0 Å². The molecular formula is C16H23NOS2. The second kappa shape index (κ2) is 7.10. The zero-order valence-electron chi connectivity index (χ0n) is 12.1. The third kappa shape index (κ3) is 3.46. The second-order valence-electron chi connectivity index (χ2n) is 5.46. The predicted octanol–water partition coefficient (Wildman–Crippen LogP) is 2.99. The van der Waals surface area contributed by atoms with Gasteiger partial charge in [-0.15, -0.1) is 0 Å². The molecule has 0 amide bonds. The molecule has 0 bridgehead atoms. The van der Waals surface area contributed by atoms with Crippen LogP contribution in [-0.2, 0) is 12.8 Å². The van der Waals surface area contributed by atoms with E-state index in [1.165, 1.54) is 41.2 Å². The van der Waals surface area contributed by atoms with Gasteiger partial charge in [-0.2, -0.15) is 23.5 Å². The third-order valence-electron chi connectivity index (χ3n) is 4.16. The Balaban J connectivity index is 1.57. The van der Waals surface area contributed by atoms with E-state index in [1.54, 1.807) is 0 Å². The molecule has 2 unspecified atom stereocenters. The molecule has 1 N–H and O–H groups in total. The Labute approximate surface area is 130 Å². The van der Waals surface area contributed by atoms with Gasteiger partial charge in [-0.05, 0) is 37.1 Å². The summed E-state index contributed by atoms with van der Waals surface area (Å²) < 4.78 is 5.58. The summed E-state index contributed by atoms with van der Waals surface area (Å²) in [5.41, 5.74) is 2.86. The van der Waals surface area contributed by atoms with Crippen molar-refractivity contribution in [3.8, 4) is 5.75 Å². The van der Waals surface area contributed by atoms with E-state index >= 15 is 0 Å². The maximum atomic E-state index is 5.58. The molecule has 0 saturated carbocycles. The maximum Gasteiger partial charge on any atom is 0.122 e. The smallest absolute Gasteiger partial charge is 0.122 e. The van der Waals surface area contributed by atoms with Crippen LogP contribution in [-0.4, -0.2) is 42.2 Å². The second-order valence-corrected chi connectivity index (χ2v) is 7.96. The lowest BCUT2D eigenvalue weighted by Crippen LogP contribution is -2.39. The van der Waals surface area contributed by atoms with E-state index in [0.717, 1.165) is 24.0 Å². The number of ether oxygens (including phenoxy) is 1. The van der Waals surface area contributed by atoms with Crippen LogP contribution < -0.4 is 10.1 Å². The van der Waals surface area contributed by atoms with Crippen LogP contribution in [0.3, 0.4) is 0 Å². The summed E-state index contributed by atoms with van der Waals surface area (Å²) in [6.07, 6.45) is 3.47. The topological polar surface area (TPSA) is 21.3 Å². The fourth-order valence-corrected chi connectivity index (χ4v) is 5.94.